The molecule has 28 heavy (non-hydrogen) atoms. The first-order valence-electron chi connectivity index (χ1n) is 9.72. The number of likely N-dealkylation sites (N-methyl/N-ethyl adjacent to an activating group) is 1. The van der Waals surface area contributed by atoms with E-state index in [4.69, 9.17) is 4.99 Å². The highest BCUT2D eigenvalue weighted by atomic mass is 16.3. The normalized spacial score (nSPS) is 21.1. The number of carbonyl (C=O) groups is 1. The lowest BCUT2D eigenvalue weighted by Crippen LogP contribution is -2.55. The van der Waals surface area contributed by atoms with Crippen molar-refractivity contribution in [1.29, 1.82) is 0 Å². The SMILES string of the molecule is C=C/C=C\N=C(/C)C1N=C2CCCC2=C(N(C)[C@@H](CO)C(=O)NC(C)(C)C)N1. The van der Waals surface area contributed by atoms with E-state index in [1.165, 1.54) is 0 Å². The van der Waals surface area contributed by atoms with Crippen LogP contribution in [-0.4, -0.2) is 58.7 Å². The highest BCUT2D eigenvalue weighted by Gasteiger charge is 2.34. The highest BCUT2D eigenvalue weighted by molar-refractivity contribution is 6.05. The topological polar surface area (TPSA) is 89.3 Å². The first kappa shape index (κ1) is 21.9. The van der Waals surface area contributed by atoms with Crippen molar-refractivity contribution in [2.24, 2.45) is 9.98 Å². The fourth-order valence-corrected chi connectivity index (χ4v) is 3.32. The maximum atomic E-state index is 12.7. The molecule has 0 aromatic rings. The number of hydrogen-bond acceptors (Lipinski definition) is 6. The molecule has 2 atom stereocenters. The van der Waals surface area contributed by atoms with E-state index in [0.717, 1.165) is 42.1 Å². The summed E-state index contributed by atoms with van der Waals surface area (Å²) in [5.41, 5.74) is 2.63. The maximum Gasteiger partial charge on any atom is 0.245 e. The van der Waals surface area contributed by atoms with Gasteiger partial charge >= 0.3 is 0 Å². The smallest absolute Gasteiger partial charge is 0.245 e. The van der Waals surface area contributed by atoms with Crippen molar-refractivity contribution >= 4 is 17.3 Å². The molecular formula is C21H33N5O2. The fraction of sp³-hybridized carbons (Fsp3) is 0.571. The summed E-state index contributed by atoms with van der Waals surface area (Å²) in [5, 5.41) is 16.3. The van der Waals surface area contributed by atoms with E-state index < -0.39 is 6.04 Å². The second-order valence-corrected chi connectivity index (χ2v) is 8.20. The Hall–Kier alpha value is -2.41. The lowest BCUT2D eigenvalue weighted by Gasteiger charge is -2.36. The fourth-order valence-electron chi connectivity index (χ4n) is 3.32. The Morgan fingerprint density at radius 2 is 2.21 bits per heavy atom. The number of nitrogens with zero attached hydrogens (tertiary/aromatic N) is 3. The van der Waals surface area contributed by atoms with Gasteiger partial charge in [-0.3, -0.25) is 14.8 Å². The molecule has 1 amide bonds. The van der Waals surface area contributed by atoms with Crippen LogP contribution < -0.4 is 10.6 Å². The third kappa shape index (κ3) is 5.32. The number of aliphatic imine (C=N–C) groups is 2. The molecule has 0 radical (unpaired) electrons. The van der Waals surface area contributed by atoms with Gasteiger partial charge < -0.3 is 20.6 Å². The number of carbonyl (C=O) groups excluding carboxylic acids is 1. The van der Waals surface area contributed by atoms with Crippen molar-refractivity contribution in [3.8, 4) is 0 Å². The molecule has 0 saturated heterocycles. The van der Waals surface area contributed by atoms with E-state index in [1.807, 2.05) is 39.6 Å². The number of hydrogen-bond donors (Lipinski definition) is 3. The van der Waals surface area contributed by atoms with Gasteiger partial charge in [0.2, 0.25) is 5.91 Å². The second-order valence-electron chi connectivity index (χ2n) is 8.20. The van der Waals surface area contributed by atoms with Crippen LogP contribution in [0, 0.1) is 0 Å². The molecular weight excluding hydrogens is 354 g/mol. The molecule has 1 heterocycles. The summed E-state index contributed by atoms with van der Waals surface area (Å²) in [7, 11) is 1.83. The molecule has 0 spiro atoms. The van der Waals surface area contributed by atoms with Gasteiger partial charge in [-0.2, -0.15) is 0 Å². The van der Waals surface area contributed by atoms with Gasteiger partial charge in [-0.1, -0.05) is 12.7 Å². The standard InChI is InChI=1S/C21H33N5O2/c1-7-8-12-22-14(2)18-23-16-11-9-10-15(16)19(24-18)26(6)17(13-27)20(28)25-21(3,4)5/h7-8,12,17-18,24,27H,1,9-11,13H2,2-6H3,(H,25,28)/b12-8-,22-14+/t17-,18?/m0/s1. The molecule has 1 aliphatic heterocycles. The molecule has 1 saturated carbocycles. The van der Waals surface area contributed by atoms with Gasteiger partial charge in [0.15, 0.2) is 6.17 Å². The average Bonchev–Trinajstić information content (AvgIpc) is 3.08. The van der Waals surface area contributed by atoms with Crippen molar-refractivity contribution in [2.45, 2.75) is 64.7 Å². The molecule has 2 rings (SSSR count). The molecule has 154 valence electrons. The van der Waals surface area contributed by atoms with Crippen LogP contribution in [0.1, 0.15) is 47.0 Å². The van der Waals surface area contributed by atoms with Gasteiger partial charge in [0, 0.05) is 30.1 Å². The Labute approximate surface area is 168 Å². The van der Waals surface area contributed by atoms with E-state index in [2.05, 4.69) is 22.2 Å². The summed E-state index contributed by atoms with van der Waals surface area (Å²) in [4.78, 5) is 23.8. The van der Waals surface area contributed by atoms with E-state index in [-0.39, 0.29) is 24.2 Å². The summed E-state index contributed by atoms with van der Waals surface area (Å²) in [6.07, 6.45) is 7.68. The van der Waals surface area contributed by atoms with E-state index in [9.17, 15) is 9.90 Å². The van der Waals surface area contributed by atoms with Crippen molar-refractivity contribution in [1.82, 2.24) is 15.5 Å². The van der Waals surface area contributed by atoms with E-state index >= 15 is 0 Å². The van der Waals surface area contributed by atoms with E-state index in [1.54, 1.807) is 18.4 Å². The highest BCUT2D eigenvalue weighted by Crippen LogP contribution is 2.30. The summed E-state index contributed by atoms with van der Waals surface area (Å²) in [6, 6.07) is -0.687. The van der Waals surface area contributed by atoms with Gasteiger partial charge in [0.05, 0.1) is 12.3 Å². The minimum absolute atomic E-state index is 0.203. The van der Waals surface area contributed by atoms with Gasteiger partial charge in [-0.15, -0.1) is 0 Å². The number of aliphatic hydroxyl groups excluding tert-OH is 1. The predicted molar refractivity (Wildman–Crippen MR) is 114 cm³/mol. The van der Waals surface area contributed by atoms with Crippen LogP contribution in [0.3, 0.4) is 0 Å². The number of nitrogens with one attached hydrogen (secondary N) is 2. The number of aliphatic hydroxyl groups is 1. The van der Waals surface area contributed by atoms with Crippen LogP contribution in [0.25, 0.3) is 0 Å². The molecule has 0 bridgehead atoms. The van der Waals surface area contributed by atoms with Crippen LogP contribution in [0.2, 0.25) is 0 Å². The number of fused-ring (bicyclic) bond motifs is 1. The summed E-state index contributed by atoms with van der Waals surface area (Å²) in [5.74, 6) is 0.642. The first-order valence-corrected chi connectivity index (χ1v) is 9.72. The third-order valence-electron chi connectivity index (χ3n) is 4.72. The molecule has 7 nitrogen and oxygen atoms in total. The minimum Gasteiger partial charge on any atom is -0.394 e. The van der Waals surface area contributed by atoms with Crippen molar-refractivity contribution in [3.05, 3.63) is 36.3 Å². The molecule has 1 unspecified atom stereocenters. The van der Waals surface area contributed by atoms with Crippen LogP contribution in [0.4, 0.5) is 0 Å². The predicted octanol–water partition coefficient (Wildman–Crippen LogP) is 2.12. The Kier molecular flexibility index (Phi) is 7.18. The second kappa shape index (κ2) is 9.19. The largest absolute Gasteiger partial charge is 0.394 e. The molecule has 7 heteroatoms. The molecule has 0 aromatic heterocycles. The summed E-state index contributed by atoms with van der Waals surface area (Å²) in [6.45, 7) is 11.1. The zero-order valence-electron chi connectivity index (χ0n) is 17.6. The van der Waals surface area contributed by atoms with Gasteiger partial charge in [0.1, 0.15) is 11.9 Å². The quantitative estimate of drug-likeness (QED) is 0.461. The summed E-state index contributed by atoms with van der Waals surface area (Å²) < 4.78 is 0. The lowest BCUT2D eigenvalue weighted by molar-refractivity contribution is -0.128. The Balaban J connectivity index is 2.29. The number of amides is 1. The minimum atomic E-state index is -0.687. The Bertz CT molecular complexity index is 728. The Morgan fingerprint density at radius 3 is 2.82 bits per heavy atom. The molecule has 0 aromatic carbocycles. The molecule has 3 N–H and O–H groups in total. The summed E-state index contributed by atoms with van der Waals surface area (Å²) >= 11 is 0. The third-order valence-corrected chi connectivity index (χ3v) is 4.72. The van der Waals surface area contributed by atoms with Crippen molar-refractivity contribution < 1.29 is 9.90 Å². The van der Waals surface area contributed by atoms with Crippen molar-refractivity contribution in [2.75, 3.05) is 13.7 Å². The van der Waals surface area contributed by atoms with Crippen LogP contribution >= 0.6 is 0 Å². The maximum absolute atomic E-state index is 12.7. The monoisotopic (exact) mass is 387 g/mol. The van der Waals surface area contributed by atoms with Crippen LogP contribution in [0.5, 0.6) is 0 Å². The Morgan fingerprint density at radius 1 is 1.50 bits per heavy atom. The average molecular weight is 388 g/mol. The number of rotatable bonds is 7. The lowest BCUT2D eigenvalue weighted by atomic mass is 10.1. The van der Waals surface area contributed by atoms with Crippen LogP contribution in [0.15, 0.2) is 46.3 Å². The number of allylic oxidation sites excluding steroid dienone is 3. The van der Waals surface area contributed by atoms with Crippen molar-refractivity contribution in [3.63, 3.8) is 0 Å². The van der Waals surface area contributed by atoms with Crippen LogP contribution in [-0.2, 0) is 4.79 Å². The zero-order valence-corrected chi connectivity index (χ0v) is 17.6. The first-order chi connectivity index (χ1) is 13.2. The molecule has 1 fully saturated rings. The zero-order chi connectivity index (χ0) is 20.9. The van der Waals surface area contributed by atoms with Gasteiger partial charge in [-0.05, 0) is 53.0 Å². The van der Waals surface area contributed by atoms with E-state index in [0.29, 0.717) is 0 Å². The molecule has 2 aliphatic rings. The molecule has 1 aliphatic carbocycles. The van der Waals surface area contributed by atoms with Gasteiger partial charge in [0.25, 0.3) is 0 Å². The van der Waals surface area contributed by atoms with Gasteiger partial charge in [-0.25, -0.2) is 0 Å².